The first-order chi connectivity index (χ1) is 8.33. The first-order valence-electron chi connectivity index (χ1n) is 7.03. The molecule has 0 bridgehead atoms. The molecule has 1 aliphatic rings. The number of rotatable bonds is 5. The van der Waals surface area contributed by atoms with Gasteiger partial charge in [0, 0.05) is 0 Å². The van der Waals surface area contributed by atoms with E-state index in [0.717, 1.165) is 17.4 Å². The van der Waals surface area contributed by atoms with Gasteiger partial charge in [-0.05, 0) is 42.2 Å². The topological polar surface area (TPSA) is 20.2 Å². The Hall–Kier alpha value is -0.820. The van der Waals surface area contributed by atoms with Gasteiger partial charge in [0.15, 0.2) is 0 Å². The fraction of sp³-hybridized carbons (Fsp3) is 0.625. The molecule has 0 spiro atoms. The van der Waals surface area contributed by atoms with E-state index in [2.05, 4.69) is 31.2 Å². The average molecular weight is 232 g/mol. The second-order valence-electron chi connectivity index (χ2n) is 5.42. The van der Waals surface area contributed by atoms with Gasteiger partial charge in [0.1, 0.15) is 0 Å². The van der Waals surface area contributed by atoms with Crippen LogP contribution < -0.4 is 0 Å². The summed E-state index contributed by atoms with van der Waals surface area (Å²) in [4.78, 5) is 0. The molecule has 1 fully saturated rings. The Kier molecular flexibility index (Phi) is 4.61. The first kappa shape index (κ1) is 12.6. The van der Waals surface area contributed by atoms with Crippen molar-refractivity contribution in [2.45, 2.75) is 58.0 Å². The van der Waals surface area contributed by atoms with Crippen molar-refractivity contribution in [1.29, 1.82) is 0 Å². The molecular formula is C16H24O. The zero-order chi connectivity index (χ0) is 12.1. The average Bonchev–Trinajstić information content (AvgIpc) is 2.85. The molecule has 0 amide bonds. The molecule has 1 saturated carbocycles. The van der Waals surface area contributed by atoms with Gasteiger partial charge >= 0.3 is 0 Å². The Morgan fingerprint density at radius 2 is 1.94 bits per heavy atom. The summed E-state index contributed by atoms with van der Waals surface area (Å²) in [6.45, 7) is 2.43. The Balaban J connectivity index is 1.90. The van der Waals surface area contributed by atoms with Crippen LogP contribution in [0.5, 0.6) is 0 Å². The normalized spacial score (nSPS) is 24.1. The van der Waals surface area contributed by atoms with E-state index in [1.54, 1.807) is 0 Å². The smallest absolute Gasteiger partial charge is 0.0681 e. The van der Waals surface area contributed by atoms with Crippen LogP contribution in [0.2, 0.25) is 0 Å². The van der Waals surface area contributed by atoms with E-state index in [-0.39, 0.29) is 6.61 Å². The zero-order valence-corrected chi connectivity index (χ0v) is 10.9. The van der Waals surface area contributed by atoms with Gasteiger partial charge in [0.25, 0.3) is 0 Å². The largest absolute Gasteiger partial charge is 0.392 e. The molecule has 94 valence electrons. The van der Waals surface area contributed by atoms with Gasteiger partial charge < -0.3 is 5.11 Å². The van der Waals surface area contributed by atoms with Crippen LogP contribution in [0, 0.1) is 5.92 Å². The van der Waals surface area contributed by atoms with Gasteiger partial charge in [-0.3, -0.25) is 0 Å². The van der Waals surface area contributed by atoms with Crippen molar-refractivity contribution in [3.05, 3.63) is 35.4 Å². The molecule has 2 atom stereocenters. The number of unbranched alkanes of at least 4 members (excludes halogenated alkanes) is 1. The number of aliphatic hydroxyl groups excluding tert-OH is 1. The summed E-state index contributed by atoms with van der Waals surface area (Å²) in [7, 11) is 0. The van der Waals surface area contributed by atoms with Crippen LogP contribution in [0.15, 0.2) is 24.3 Å². The molecule has 1 unspecified atom stereocenters. The third kappa shape index (κ3) is 3.32. The predicted molar refractivity (Wildman–Crippen MR) is 72.0 cm³/mol. The van der Waals surface area contributed by atoms with Crippen LogP contribution >= 0.6 is 0 Å². The number of aliphatic hydroxyl groups is 1. The van der Waals surface area contributed by atoms with Gasteiger partial charge in [-0.1, -0.05) is 50.5 Å². The van der Waals surface area contributed by atoms with Gasteiger partial charge in [0.2, 0.25) is 0 Å². The van der Waals surface area contributed by atoms with Crippen LogP contribution in [0.3, 0.4) is 0 Å². The number of benzene rings is 1. The highest BCUT2D eigenvalue weighted by molar-refractivity contribution is 5.25. The van der Waals surface area contributed by atoms with Crippen molar-refractivity contribution in [3.63, 3.8) is 0 Å². The highest BCUT2D eigenvalue weighted by atomic mass is 16.3. The lowest BCUT2D eigenvalue weighted by Crippen LogP contribution is -1.96. The van der Waals surface area contributed by atoms with Crippen LogP contribution in [0.25, 0.3) is 0 Å². The van der Waals surface area contributed by atoms with Gasteiger partial charge in [-0.2, -0.15) is 0 Å². The Morgan fingerprint density at radius 1 is 1.18 bits per heavy atom. The second kappa shape index (κ2) is 6.20. The molecule has 1 aromatic rings. The van der Waals surface area contributed by atoms with E-state index in [4.69, 9.17) is 5.11 Å². The molecule has 0 aliphatic heterocycles. The van der Waals surface area contributed by atoms with Crippen molar-refractivity contribution in [3.8, 4) is 0 Å². The van der Waals surface area contributed by atoms with E-state index >= 15 is 0 Å². The highest BCUT2D eigenvalue weighted by Gasteiger charge is 2.25. The van der Waals surface area contributed by atoms with Crippen LogP contribution in [0.1, 0.15) is 62.5 Å². The van der Waals surface area contributed by atoms with Crippen molar-refractivity contribution in [2.24, 2.45) is 5.92 Å². The summed E-state index contributed by atoms with van der Waals surface area (Å²) in [6, 6.07) is 8.54. The minimum absolute atomic E-state index is 0.157. The lowest BCUT2D eigenvalue weighted by molar-refractivity contribution is 0.282. The van der Waals surface area contributed by atoms with E-state index < -0.39 is 0 Å². The Bertz CT molecular complexity index is 328. The molecule has 1 heteroatoms. The molecule has 1 aromatic carbocycles. The SMILES string of the molecule is CCCCC1CC[C@@H](c2ccc(CO)cc2)C1. The molecule has 17 heavy (non-hydrogen) atoms. The summed E-state index contributed by atoms with van der Waals surface area (Å²) in [5, 5.41) is 9.03. The maximum Gasteiger partial charge on any atom is 0.0681 e. The molecule has 0 aromatic heterocycles. The van der Waals surface area contributed by atoms with Crippen LogP contribution in [0.4, 0.5) is 0 Å². The van der Waals surface area contributed by atoms with E-state index in [1.807, 2.05) is 0 Å². The van der Waals surface area contributed by atoms with Crippen molar-refractivity contribution >= 4 is 0 Å². The molecule has 0 heterocycles. The van der Waals surface area contributed by atoms with Crippen molar-refractivity contribution in [2.75, 3.05) is 0 Å². The monoisotopic (exact) mass is 232 g/mol. The molecule has 2 rings (SSSR count). The quantitative estimate of drug-likeness (QED) is 0.804. The molecule has 0 saturated heterocycles. The predicted octanol–water partition coefficient (Wildman–Crippen LogP) is 4.25. The van der Waals surface area contributed by atoms with E-state index in [9.17, 15) is 0 Å². The Labute approximate surface area is 105 Å². The minimum Gasteiger partial charge on any atom is -0.392 e. The van der Waals surface area contributed by atoms with Crippen LogP contribution in [-0.4, -0.2) is 5.11 Å². The summed E-state index contributed by atoms with van der Waals surface area (Å²) in [5.41, 5.74) is 2.50. The third-order valence-corrected chi connectivity index (χ3v) is 4.14. The fourth-order valence-corrected chi connectivity index (χ4v) is 3.03. The van der Waals surface area contributed by atoms with Gasteiger partial charge in [0.05, 0.1) is 6.61 Å². The maximum absolute atomic E-state index is 9.03. The summed E-state index contributed by atoms with van der Waals surface area (Å²) in [5.74, 6) is 1.72. The zero-order valence-electron chi connectivity index (χ0n) is 10.9. The second-order valence-corrected chi connectivity index (χ2v) is 5.42. The van der Waals surface area contributed by atoms with E-state index in [1.165, 1.54) is 44.1 Å². The summed E-state index contributed by atoms with van der Waals surface area (Å²) in [6.07, 6.45) is 8.27. The van der Waals surface area contributed by atoms with Crippen LogP contribution in [-0.2, 0) is 6.61 Å². The van der Waals surface area contributed by atoms with Crippen molar-refractivity contribution in [1.82, 2.24) is 0 Å². The lowest BCUT2D eigenvalue weighted by Gasteiger charge is -2.12. The van der Waals surface area contributed by atoms with Gasteiger partial charge in [-0.25, -0.2) is 0 Å². The molecular weight excluding hydrogens is 208 g/mol. The van der Waals surface area contributed by atoms with Gasteiger partial charge in [-0.15, -0.1) is 0 Å². The molecule has 1 aliphatic carbocycles. The number of hydrogen-bond acceptors (Lipinski definition) is 1. The molecule has 1 nitrogen and oxygen atoms in total. The third-order valence-electron chi connectivity index (χ3n) is 4.14. The highest BCUT2D eigenvalue weighted by Crippen LogP contribution is 2.40. The maximum atomic E-state index is 9.03. The van der Waals surface area contributed by atoms with E-state index in [0.29, 0.717) is 0 Å². The summed E-state index contributed by atoms with van der Waals surface area (Å²) >= 11 is 0. The first-order valence-corrected chi connectivity index (χ1v) is 7.03. The lowest BCUT2D eigenvalue weighted by atomic mass is 9.94. The minimum atomic E-state index is 0.157. The van der Waals surface area contributed by atoms with Crippen molar-refractivity contribution < 1.29 is 5.11 Å². The fourth-order valence-electron chi connectivity index (χ4n) is 3.03. The molecule has 1 N–H and O–H groups in total. The standard InChI is InChI=1S/C16H24O/c1-2-3-4-13-5-10-16(11-13)15-8-6-14(12-17)7-9-15/h6-9,13,16-17H,2-5,10-12H2,1H3/t13?,16-/m1/s1. The molecule has 0 radical (unpaired) electrons. The Morgan fingerprint density at radius 3 is 2.59 bits per heavy atom. The summed E-state index contributed by atoms with van der Waals surface area (Å²) < 4.78 is 0. The number of hydrogen-bond donors (Lipinski definition) is 1.